The molecule has 4 heterocycles. The predicted molar refractivity (Wildman–Crippen MR) is 149 cm³/mol. The number of nitrogens with zero attached hydrogens (tertiary/aromatic N) is 6. The summed E-state index contributed by atoms with van der Waals surface area (Å²) in [7, 11) is 0. The maximum absolute atomic E-state index is 13.2. The summed E-state index contributed by atoms with van der Waals surface area (Å²) in [4.78, 5) is 39.5. The fourth-order valence-electron chi connectivity index (χ4n) is 5.42. The Hall–Kier alpha value is -4.20. The molecule has 14 heteroatoms. The molecule has 0 bridgehead atoms. The molecule has 0 radical (unpaired) electrons. The van der Waals surface area contributed by atoms with Crippen LogP contribution < -0.4 is 10.9 Å². The number of ether oxygens (including phenoxy) is 1. The van der Waals surface area contributed by atoms with Crippen LogP contribution in [0.3, 0.4) is 0 Å². The summed E-state index contributed by atoms with van der Waals surface area (Å²) in [5.74, 6) is 0.295. The summed E-state index contributed by atoms with van der Waals surface area (Å²) >= 11 is 0. The van der Waals surface area contributed by atoms with Gasteiger partial charge in [-0.2, -0.15) is 18.3 Å². The molecular weight excluding hydrogens is 553 g/mol. The summed E-state index contributed by atoms with van der Waals surface area (Å²) in [5, 5.41) is 7.19. The summed E-state index contributed by atoms with van der Waals surface area (Å²) in [6.07, 6.45) is 1.53. The summed E-state index contributed by atoms with van der Waals surface area (Å²) in [5.41, 5.74) is -0.00310. The molecule has 0 aliphatic carbocycles. The molecule has 1 saturated heterocycles. The second-order valence-electron chi connectivity index (χ2n) is 10.3. The van der Waals surface area contributed by atoms with Crippen LogP contribution in [0.1, 0.15) is 56.9 Å². The number of likely N-dealkylation sites (tertiary alicyclic amines) is 1. The third-order valence-corrected chi connectivity index (χ3v) is 7.43. The van der Waals surface area contributed by atoms with Crippen molar-refractivity contribution in [2.75, 3.05) is 19.6 Å². The molecule has 5 rings (SSSR count). The molecule has 1 aromatic carbocycles. The van der Waals surface area contributed by atoms with E-state index in [-0.39, 0.29) is 23.8 Å². The van der Waals surface area contributed by atoms with Crippen molar-refractivity contribution in [2.45, 2.75) is 64.5 Å². The first-order chi connectivity index (χ1) is 20.2. The van der Waals surface area contributed by atoms with Gasteiger partial charge >= 0.3 is 12.3 Å². The number of benzene rings is 1. The highest BCUT2D eigenvalue weighted by Gasteiger charge is 2.31. The van der Waals surface area contributed by atoms with E-state index >= 15 is 0 Å². The SMILES string of the molecule is CCCC(OC(=O)NCC1CCCN1CC)n1c(-c2cnn(Cc3cccc(C(F)(F)F)c3)c2)nc2nc[nH]c(=O)c21. The number of alkyl carbamates (subject to hydrolysis) is 1. The van der Waals surface area contributed by atoms with Gasteiger partial charge < -0.3 is 15.0 Å². The normalized spacial score (nSPS) is 16.6. The molecule has 1 fully saturated rings. The second kappa shape index (κ2) is 12.3. The maximum atomic E-state index is 13.2. The molecule has 3 aromatic heterocycles. The lowest BCUT2D eigenvalue weighted by atomic mass is 10.1. The van der Waals surface area contributed by atoms with Gasteiger partial charge in [0.15, 0.2) is 17.4 Å². The van der Waals surface area contributed by atoms with Gasteiger partial charge in [0.1, 0.15) is 5.82 Å². The number of rotatable bonds is 10. The highest BCUT2D eigenvalue weighted by atomic mass is 19.4. The summed E-state index contributed by atoms with van der Waals surface area (Å²) in [6.45, 7) is 6.45. The van der Waals surface area contributed by atoms with Crippen molar-refractivity contribution in [3.8, 4) is 11.4 Å². The number of carbonyl (C=O) groups is 1. The molecule has 2 atom stereocenters. The van der Waals surface area contributed by atoms with E-state index in [1.165, 1.54) is 23.3 Å². The number of imidazole rings is 1. The quantitative estimate of drug-likeness (QED) is 0.279. The van der Waals surface area contributed by atoms with Gasteiger partial charge in [-0.1, -0.05) is 32.4 Å². The Kier molecular flexibility index (Phi) is 8.61. The number of aromatic nitrogens is 6. The lowest BCUT2D eigenvalue weighted by Crippen LogP contribution is -2.40. The van der Waals surface area contributed by atoms with Crippen molar-refractivity contribution in [1.29, 1.82) is 0 Å². The van der Waals surface area contributed by atoms with Gasteiger partial charge in [-0.25, -0.2) is 14.8 Å². The minimum Gasteiger partial charge on any atom is -0.425 e. The van der Waals surface area contributed by atoms with Crippen molar-refractivity contribution in [2.24, 2.45) is 0 Å². The van der Waals surface area contributed by atoms with E-state index < -0.39 is 29.6 Å². The number of alkyl halides is 3. The molecule has 1 aliphatic heterocycles. The average molecular weight is 587 g/mol. The fraction of sp³-hybridized carbons (Fsp3) is 0.464. The van der Waals surface area contributed by atoms with Crippen LogP contribution in [0.15, 0.2) is 47.8 Å². The van der Waals surface area contributed by atoms with Gasteiger partial charge in [0.05, 0.1) is 30.2 Å². The van der Waals surface area contributed by atoms with Crippen LogP contribution >= 0.6 is 0 Å². The second-order valence-corrected chi connectivity index (χ2v) is 10.3. The van der Waals surface area contributed by atoms with Gasteiger partial charge in [-0.05, 0) is 43.6 Å². The molecule has 224 valence electrons. The van der Waals surface area contributed by atoms with E-state index in [1.54, 1.807) is 16.8 Å². The number of carbonyl (C=O) groups excluding carboxylic acids is 1. The molecule has 42 heavy (non-hydrogen) atoms. The molecule has 0 spiro atoms. The molecule has 1 amide bonds. The van der Waals surface area contributed by atoms with E-state index in [9.17, 15) is 22.8 Å². The first-order valence-corrected chi connectivity index (χ1v) is 14.0. The number of fused-ring (bicyclic) bond motifs is 1. The van der Waals surface area contributed by atoms with Crippen LogP contribution in [0.2, 0.25) is 0 Å². The predicted octanol–water partition coefficient (Wildman–Crippen LogP) is 4.56. The van der Waals surface area contributed by atoms with Crippen molar-refractivity contribution in [1.82, 2.24) is 39.5 Å². The Labute approximate surface area is 239 Å². The molecule has 0 saturated carbocycles. The summed E-state index contributed by atoms with van der Waals surface area (Å²) in [6, 6.07) is 5.28. The average Bonchev–Trinajstić information content (AvgIpc) is 3.70. The zero-order valence-electron chi connectivity index (χ0n) is 23.4. The molecule has 2 N–H and O–H groups in total. The third kappa shape index (κ3) is 6.32. The Morgan fingerprint density at radius 1 is 1.29 bits per heavy atom. The number of amides is 1. The van der Waals surface area contributed by atoms with Gasteiger partial charge in [-0.15, -0.1) is 0 Å². The topological polar surface area (TPSA) is 123 Å². The van der Waals surface area contributed by atoms with Crippen LogP contribution in [-0.2, 0) is 17.5 Å². The first kappa shape index (κ1) is 29.3. The van der Waals surface area contributed by atoms with Gasteiger partial charge in [0, 0.05) is 25.2 Å². The Balaban J connectivity index is 1.43. The molecular formula is C28H33F3N8O3. The smallest absolute Gasteiger partial charge is 0.416 e. The van der Waals surface area contributed by atoms with E-state index in [2.05, 4.69) is 37.2 Å². The van der Waals surface area contributed by atoms with E-state index in [1.807, 2.05) is 6.92 Å². The molecule has 11 nitrogen and oxygen atoms in total. The lowest BCUT2D eigenvalue weighted by molar-refractivity contribution is -0.137. The number of aromatic amines is 1. The van der Waals surface area contributed by atoms with Crippen molar-refractivity contribution < 1.29 is 22.7 Å². The fourth-order valence-corrected chi connectivity index (χ4v) is 5.42. The van der Waals surface area contributed by atoms with E-state index in [0.29, 0.717) is 36.3 Å². The number of hydrogen-bond acceptors (Lipinski definition) is 7. The third-order valence-electron chi connectivity index (χ3n) is 7.43. The minimum absolute atomic E-state index is 0.0796. The molecule has 1 aliphatic rings. The van der Waals surface area contributed by atoms with Crippen molar-refractivity contribution in [3.63, 3.8) is 0 Å². The van der Waals surface area contributed by atoms with Gasteiger partial charge in [0.2, 0.25) is 0 Å². The number of hydrogen-bond donors (Lipinski definition) is 2. The standard InChI is InChI=1S/C28H33F3N8O3/c1-3-7-22(42-27(41)32-14-21-10-6-11-37(21)4-2)39-23-24(33-17-34-26(23)40)36-25(39)19-13-35-38(16-19)15-18-8-5-9-20(12-18)28(29,30)31/h5,8-9,12-13,16-17,21-22H,3-4,6-7,10-11,14-15H2,1-2H3,(H,32,41)(H,33,34,40). The van der Waals surface area contributed by atoms with Crippen LogP contribution in [0.5, 0.6) is 0 Å². The largest absolute Gasteiger partial charge is 0.425 e. The van der Waals surface area contributed by atoms with Crippen LogP contribution in [0.25, 0.3) is 22.6 Å². The van der Waals surface area contributed by atoms with E-state index in [0.717, 1.165) is 38.1 Å². The van der Waals surface area contributed by atoms with Crippen molar-refractivity contribution in [3.05, 3.63) is 64.5 Å². The molecule has 2 unspecified atom stereocenters. The van der Waals surface area contributed by atoms with Gasteiger partial charge in [0.25, 0.3) is 5.56 Å². The summed E-state index contributed by atoms with van der Waals surface area (Å²) < 4.78 is 48.5. The highest BCUT2D eigenvalue weighted by molar-refractivity contribution is 5.76. The monoisotopic (exact) mass is 586 g/mol. The van der Waals surface area contributed by atoms with Crippen LogP contribution in [-0.4, -0.2) is 66.0 Å². The van der Waals surface area contributed by atoms with Crippen molar-refractivity contribution >= 4 is 17.3 Å². The Morgan fingerprint density at radius 3 is 2.88 bits per heavy atom. The first-order valence-electron chi connectivity index (χ1n) is 14.0. The maximum Gasteiger partial charge on any atom is 0.416 e. The van der Waals surface area contributed by atoms with Gasteiger partial charge in [-0.3, -0.25) is 18.9 Å². The highest BCUT2D eigenvalue weighted by Crippen LogP contribution is 2.31. The van der Waals surface area contributed by atoms with Crippen LogP contribution in [0.4, 0.5) is 18.0 Å². The lowest BCUT2D eigenvalue weighted by Gasteiger charge is -2.24. The number of halogens is 3. The number of nitrogens with one attached hydrogen (secondary N) is 2. The van der Waals surface area contributed by atoms with Crippen LogP contribution in [0, 0.1) is 0 Å². The number of likely N-dealkylation sites (N-methyl/N-ethyl adjacent to an activating group) is 1. The Morgan fingerprint density at radius 2 is 2.12 bits per heavy atom. The molecule has 4 aromatic rings. The zero-order chi connectivity index (χ0) is 29.9. The zero-order valence-corrected chi connectivity index (χ0v) is 23.4. The minimum atomic E-state index is -4.46. The Bertz CT molecular complexity index is 1600. The van der Waals surface area contributed by atoms with E-state index in [4.69, 9.17) is 4.74 Å². The number of H-pyrrole nitrogens is 1.